The number of rotatable bonds is 0. The lowest BCUT2D eigenvalue weighted by molar-refractivity contribution is 1.15. The lowest BCUT2D eigenvalue weighted by Crippen LogP contribution is -1.81. The van der Waals surface area contributed by atoms with Crippen LogP contribution in [0, 0.1) is 69.2 Å². The predicted molar refractivity (Wildman–Crippen MR) is 180 cm³/mol. The van der Waals surface area contributed by atoms with Gasteiger partial charge in [0.2, 0.25) is 0 Å². The smallest absolute Gasteiger partial charge is 0.0401 e. The molecule has 0 bridgehead atoms. The van der Waals surface area contributed by atoms with Gasteiger partial charge in [0.15, 0.2) is 0 Å². The molecule has 218 valence electrons. The van der Waals surface area contributed by atoms with Gasteiger partial charge >= 0.3 is 0 Å². The van der Waals surface area contributed by atoms with Crippen LogP contribution in [0.2, 0.25) is 0 Å². The number of aromatic nitrogens is 3. The molecule has 0 fully saturated rings. The first kappa shape index (κ1) is 36.9. The van der Waals surface area contributed by atoms with Gasteiger partial charge in [-0.15, -0.1) is 0 Å². The van der Waals surface area contributed by atoms with Crippen LogP contribution in [0.4, 0.5) is 0 Å². The summed E-state index contributed by atoms with van der Waals surface area (Å²) in [6.07, 6.45) is 7.29. The maximum Gasteiger partial charge on any atom is 0.0401 e. The van der Waals surface area contributed by atoms with Crippen molar-refractivity contribution in [2.45, 2.75) is 76.7 Å². The molecule has 0 amide bonds. The van der Waals surface area contributed by atoms with Gasteiger partial charge in [0.05, 0.1) is 0 Å². The molecule has 0 spiro atoms. The maximum absolute atomic E-state index is 4.08. The molecule has 0 unspecified atom stereocenters. The molecule has 41 heavy (non-hydrogen) atoms. The molecule has 0 aliphatic rings. The van der Waals surface area contributed by atoms with Crippen molar-refractivity contribution in [2.75, 3.05) is 0 Å². The third-order valence-corrected chi connectivity index (χ3v) is 6.69. The number of hydrogen-bond acceptors (Lipinski definition) is 3. The van der Waals surface area contributed by atoms with E-state index in [0.29, 0.717) is 0 Å². The molecule has 0 aliphatic heterocycles. The Morgan fingerprint density at radius 1 is 0.341 bits per heavy atom. The molecule has 0 N–H and O–H groups in total. The molecule has 0 saturated carbocycles. The number of nitrogens with zero attached hydrogens (tertiary/aromatic N) is 3. The van der Waals surface area contributed by atoms with Gasteiger partial charge in [0, 0.05) is 36.2 Å². The van der Waals surface area contributed by atoms with E-state index in [1.165, 1.54) is 44.5 Å². The minimum atomic E-state index is 0. The van der Waals surface area contributed by atoms with E-state index in [1.807, 2.05) is 56.8 Å². The molecular formula is C38H51N3. The van der Waals surface area contributed by atoms with Crippen molar-refractivity contribution in [3.63, 3.8) is 0 Å². The molecule has 0 saturated heterocycles. The zero-order valence-electron chi connectivity index (χ0n) is 26.2. The number of hydrogen-bond donors (Lipinski definition) is 0. The lowest BCUT2D eigenvalue weighted by Gasteiger charge is -1.93. The summed E-state index contributed by atoms with van der Waals surface area (Å²) in [4.78, 5) is 12.1. The van der Waals surface area contributed by atoms with Crippen molar-refractivity contribution in [3.05, 3.63) is 160 Å². The second kappa shape index (κ2) is 20.7. The highest BCUT2D eigenvalue weighted by atomic mass is 14.7. The number of aryl methyl sites for hydroxylation is 10. The highest BCUT2D eigenvalue weighted by molar-refractivity contribution is 5.24. The Balaban J connectivity index is 0.000000485. The lowest BCUT2D eigenvalue weighted by atomic mass is 10.1. The third kappa shape index (κ3) is 15.9. The number of pyridine rings is 3. The van der Waals surface area contributed by atoms with Gasteiger partial charge in [-0.2, -0.15) is 0 Å². The Labute approximate surface area is 250 Å². The summed E-state index contributed by atoms with van der Waals surface area (Å²) >= 11 is 0. The summed E-state index contributed by atoms with van der Waals surface area (Å²) < 4.78 is 0. The average Bonchev–Trinajstić information content (AvgIpc) is 2.94. The van der Waals surface area contributed by atoms with Crippen molar-refractivity contribution >= 4 is 0 Å². The Hall–Kier alpha value is -4.11. The van der Waals surface area contributed by atoms with Crippen LogP contribution in [0.5, 0.6) is 0 Å². The van der Waals surface area contributed by atoms with Gasteiger partial charge in [-0.05, 0) is 132 Å². The summed E-state index contributed by atoms with van der Waals surface area (Å²) in [5.74, 6) is 0. The van der Waals surface area contributed by atoms with Gasteiger partial charge in [-0.3, -0.25) is 15.0 Å². The van der Waals surface area contributed by atoms with Crippen molar-refractivity contribution in [1.29, 1.82) is 0 Å². The van der Waals surface area contributed by atoms with Crippen molar-refractivity contribution in [2.24, 2.45) is 0 Å². The van der Waals surface area contributed by atoms with Gasteiger partial charge in [-0.25, -0.2) is 0 Å². The first-order valence-electron chi connectivity index (χ1n) is 13.7. The zero-order chi connectivity index (χ0) is 29.9. The normalized spacial score (nSPS) is 9.02. The average molecular weight is 550 g/mol. The monoisotopic (exact) mass is 549 g/mol. The Bertz CT molecular complexity index is 1050. The summed E-state index contributed by atoms with van der Waals surface area (Å²) in [5.41, 5.74) is 12.8. The number of benzene rings is 2. The van der Waals surface area contributed by atoms with Crippen LogP contribution in [-0.4, -0.2) is 15.0 Å². The standard InChI is InChI=1S/2C8H10.3C7H9N.CH4/c2*1-7-5-3-4-6-8(7)2;1-6-3-4-8-5-7(6)2;2*1-6-4-3-5-8-7(6)2;/h2*3-6H,1-2H3;3*3-5H,1-2H3;1H4. The van der Waals surface area contributed by atoms with Gasteiger partial charge in [-0.1, -0.05) is 68.1 Å². The fourth-order valence-corrected chi connectivity index (χ4v) is 3.00. The Morgan fingerprint density at radius 2 is 0.659 bits per heavy atom. The molecule has 3 aromatic heterocycles. The van der Waals surface area contributed by atoms with E-state index in [1.54, 1.807) is 0 Å². The van der Waals surface area contributed by atoms with E-state index < -0.39 is 0 Å². The van der Waals surface area contributed by atoms with E-state index >= 15 is 0 Å². The summed E-state index contributed by atoms with van der Waals surface area (Å²) in [5, 5.41) is 0. The fourth-order valence-electron chi connectivity index (χ4n) is 3.00. The summed E-state index contributed by atoms with van der Waals surface area (Å²) in [6.45, 7) is 20.8. The van der Waals surface area contributed by atoms with Gasteiger partial charge in [0.25, 0.3) is 0 Å². The molecule has 0 aliphatic carbocycles. The van der Waals surface area contributed by atoms with Crippen LogP contribution in [0.1, 0.15) is 63.3 Å². The zero-order valence-corrected chi connectivity index (χ0v) is 26.2. The highest BCUT2D eigenvalue weighted by Crippen LogP contribution is 2.04. The minimum Gasteiger partial charge on any atom is -0.264 e. The summed E-state index contributed by atoms with van der Waals surface area (Å²) in [7, 11) is 0. The molecule has 2 aromatic carbocycles. The topological polar surface area (TPSA) is 38.7 Å². The van der Waals surface area contributed by atoms with E-state index in [-0.39, 0.29) is 7.43 Å². The minimum absolute atomic E-state index is 0. The first-order chi connectivity index (χ1) is 19.0. The van der Waals surface area contributed by atoms with Crippen LogP contribution in [0.15, 0.2) is 104 Å². The molecule has 3 nitrogen and oxygen atoms in total. The Morgan fingerprint density at radius 3 is 0.854 bits per heavy atom. The van der Waals surface area contributed by atoms with Gasteiger partial charge < -0.3 is 0 Å². The Kier molecular flexibility index (Phi) is 18.7. The molecule has 3 heterocycles. The van der Waals surface area contributed by atoms with E-state index in [2.05, 4.69) is 131 Å². The molecular weight excluding hydrogens is 498 g/mol. The van der Waals surface area contributed by atoms with E-state index in [0.717, 1.165) is 11.4 Å². The van der Waals surface area contributed by atoms with Gasteiger partial charge in [0.1, 0.15) is 0 Å². The largest absolute Gasteiger partial charge is 0.264 e. The SMILES string of the molecule is C.Cc1ccccc1C.Cc1ccccc1C.Cc1cccnc1C.Cc1cccnc1C.Cc1ccncc1C. The highest BCUT2D eigenvalue weighted by Gasteiger charge is 1.87. The quantitative estimate of drug-likeness (QED) is 0.193. The van der Waals surface area contributed by atoms with Crippen LogP contribution in [0.3, 0.4) is 0 Å². The summed E-state index contributed by atoms with van der Waals surface area (Å²) in [6, 6.07) is 26.7. The van der Waals surface area contributed by atoms with Crippen LogP contribution in [-0.2, 0) is 0 Å². The first-order valence-corrected chi connectivity index (χ1v) is 13.7. The molecule has 5 aromatic rings. The van der Waals surface area contributed by atoms with Crippen LogP contribution < -0.4 is 0 Å². The van der Waals surface area contributed by atoms with Crippen molar-refractivity contribution in [3.8, 4) is 0 Å². The molecule has 3 heteroatoms. The fraction of sp³-hybridized carbons (Fsp3) is 0.289. The van der Waals surface area contributed by atoms with Crippen LogP contribution >= 0.6 is 0 Å². The van der Waals surface area contributed by atoms with Crippen molar-refractivity contribution in [1.82, 2.24) is 15.0 Å². The molecule has 0 radical (unpaired) electrons. The molecule has 5 rings (SSSR count). The second-order valence-corrected chi connectivity index (χ2v) is 9.94. The maximum atomic E-state index is 4.08. The predicted octanol–water partition coefficient (Wildman–Crippen LogP) is 10.3. The second-order valence-electron chi connectivity index (χ2n) is 9.94. The third-order valence-electron chi connectivity index (χ3n) is 6.69. The van der Waals surface area contributed by atoms with Crippen LogP contribution in [0.25, 0.3) is 0 Å². The molecule has 0 atom stereocenters. The van der Waals surface area contributed by atoms with E-state index in [9.17, 15) is 0 Å². The van der Waals surface area contributed by atoms with Crippen molar-refractivity contribution < 1.29 is 0 Å². The van der Waals surface area contributed by atoms with E-state index in [4.69, 9.17) is 0 Å².